The molecule has 3 aromatic carbocycles. The largest absolute Gasteiger partial charge is 0.341 e. The van der Waals surface area contributed by atoms with Crippen molar-refractivity contribution in [2.75, 3.05) is 0 Å². The van der Waals surface area contributed by atoms with Crippen LogP contribution in [0.25, 0.3) is 10.9 Å². The van der Waals surface area contributed by atoms with Gasteiger partial charge in [-0.1, -0.05) is 72.8 Å². The number of aromatic nitrogens is 2. The standard InChI is InChI=1S/C24H21N3O3/c1-24(17-10-4-2-5-11-17,18-12-6-3-7-13-18)26-21(28)16-27-22(29)19-14-8-9-15-20(19)25-23(27)30/h2-15H,16H2,1H3,(H,25,30)(H,26,28). The zero-order valence-electron chi connectivity index (χ0n) is 16.5. The number of hydrogen-bond acceptors (Lipinski definition) is 3. The van der Waals surface area contributed by atoms with Crippen LogP contribution in [0.4, 0.5) is 0 Å². The zero-order chi connectivity index (χ0) is 21.1. The summed E-state index contributed by atoms with van der Waals surface area (Å²) >= 11 is 0. The summed E-state index contributed by atoms with van der Waals surface area (Å²) in [6, 6.07) is 25.9. The SMILES string of the molecule is CC(NC(=O)Cn1c(=O)[nH]c2ccccc2c1=O)(c1ccccc1)c1ccccc1. The van der Waals surface area contributed by atoms with Crippen molar-refractivity contribution in [1.82, 2.24) is 14.9 Å². The van der Waals surface area contributed by atoms with Crippen molar-refractivity contribution in [1.29, 1.82) is 0 Å². The van der Waals surface area contributed by atoms with E-state index >= 15 is 0 Å². The Hall–Kier alpha value is -3.93. The maximum absolute atomic E-state index is 13.0. The molecule has 0 bridgehead atoms. The van der Waals surface area contributed by atoms with E-state index in [4.69, 9.17) is 0 Å². The maximum atomic E-state index is 13.0. The van der Waals surface area contributed by atoms with Gasteiger partial charge in [-0.2, -0.15) is 0 Å². The molecular weight excluding hydrogens is 378 g/mol. The van der Waals surface area contributed by atoms with Gasteiger partial charge in [0.15, 0.2) is 0 Å². The Balaban J connectivity index is 1.71. The van der Waals surface area contributed by atoms with Crippen molar-refractivity contribution < 1.29 is 4.79 Å². The summed E-state index contributed by atoms with van der Waals surface area (Å²) in [6.07, 6.45) is 0. The lowest BCUT2D eigenvalue weighted by Gasteiger charge is -2.32. The van der Waals surface area contributed by atoms with Crippen molar-refractivity contribution in [2.45, 2.75) is 19.0 Å². The average Bonchev–Trinajstić information content (AvgIpc) is 2.78. The molecule has 2 N–H and O–H groups in total. The third kappa shape index (κ3) is 3.55. The van der Waals surface area contributed by atoms with E-state index < -0.39 is 22.7 Å². The lowest BCUT2D eigenvalue weighted by atomic mass is 9.84. The highest BCUT2D eigenvalue weighted by atomic mass is 16.2. The fraction of sp³-hybridized carbons (Fsp3) is 0.125. The molecule has 1 amide bonds. The van der Waals surface area contributed by atoms with Gasteiger partial charge in [0.25, 0.3) is 5.56 Å². The summed E-state index contributed by atoms with van der Waals surface area (Å²) in [6.45, 7) is 1.53. The lowest BCUT2D eigenvalue weighted by molar-refractivity contribution is -0.123. The first kappa shape index (κ1) is 19.4. The van der Waals surface area contributed by atoms with Gasteiger partial charge < -0.3 is 10.3 Å². The van der Waals surface area contributed by atoms with Gasteiger partial charge in [0.1, 0.15) is 6.54 Å². The van der Waals surface area contributed by atoms with E-state index in [9.17, 15) is 14.4 Å². The molecule has 6 nitrogen and oxygen atoms in total. The summed E-state index contributed by atoms with van der Waals surface area (Å²) in [5.41, 5.74) is 0.295. The van der Waals surface area contributed by atoms with Crippen LogP contribution in [-0.2, 0) is 16.9 Å². The predicted molar refractivity (Wildman–Crippen MR) is 116 cm³/mol. The average molecular weight is 399 g/mol. The van der Waals surface area contributed by atoms with Crippen molar-refractivity contribution >= 4 is 16.8 Å². The summed E-state index contributed by atoms with van der Waals surface area (Å²) in [5, 5.41) is 3.39. The molecule has 4 rings (SSSR count). The number of benzene rings is 3. The van der Waals surface area contributed by atoms with Gasteiger partial charge in [-0.15, -0.1) is 0 Å². The minimum absolute atomic E-state index is 0.360. The third-order valence-electron chi connectivity index (χ3n) is 5.28. The fourth-order valence-corrected chi connectivity index (χ4v) is 3.66. The summed E-state index contributed by atoms with van der Waals surface area (Å²) in [4.78, 5) is 40.8. The molecule has 6 heteroatoms. The van der Waals surface area contributed by atoms with Gasteiger partial charge >= 0.3 is 5.69 Å². The van der Waals surface area contributed by atoms with Crippen molar-refractivity contribution in [2.24, 2.45) is 0 Å². The van der Waals surface area contributed by atoms with E-state index in [2.05, 4.69) is 10.3 Å². The van der Waals surface area contributed by atoms with E-state index in [1.54, 1.807) is 24.3 Å². The van der Waals surface area contributed by atoms with E-state index in [0.717, 1.165) is 15.7 Å². The number of para-hydroxylation sites is 1. The van der Waals surface area contributed by atoms with Crippen LogP contribution in [0.15, 0.2) is 94.5 Å². The molecule has 150 valence electrons. The van der Waals surface area contributed by atoms with Crippen LogP contribution in [0.2, 0.25) is 0 Å². The number of carbonyl (C=O) groups excluding carboxylic acids is 1. The Morgan fingerprint density at radius 3 is 2.00 bits per heavy atom. The Labute approximate surface area is 172 Å². The number of nitrogens with one attached hydrogen (secondary N) is 2. The van der Waals surface area contributed by atoms with Gasteiger partial charge in [-0.05, 0) is 30.2 Å². The molecule has 0 atom stereocenters. The van der Waals surface area contributed by atoms with Crippen LogP contribution in [0.5, 0.6) is 0 Å². The minimum Gasteiger partial charge on any atom is -0.341 e. The molecule has 0 aliphatic heterocycles. The number of aromatic amines is 1. The minimum atomic E-state index is -0.827. The number of amides is 1. The fourth-order valence-electron chi connectivity index (χ4n) is 3.66. The summed E-state index contributed by atoms with van der Waals surface area (Å²) < 4.78 is 0.925. The Bertz CT molecular complexity index is 1270. The molecule has 0 aliphatic carbocycles. The number of H-pyrrole nitrogens is 1. The smallest absolute Gasteiger partial charge is 0.329 e. The van der Waals surface area contributed by atoms with E-state index in [1.807, 2.05) is 67.6 Å². The molecule has 1 aromatic heterocycles. The molecule has 0 spiro atoms. The number of rotatable bonds is 5. The van der Waals surface area contributed by atoms with Gasteiger partial charge in [-0.3, -0.25) is 14.2 Å². The van der Waals surface area contributed by atoms with Crippen LogP contribution in [0.1, 0.15) is 18.1 Å². The number of nitrogens with zero attached hydrogens (tertiary/aromatic N) is 1. The molecule has 0 saturated heterocycles. The van der Waals surface area contributed by atoms with Crippen LogP contribution in [0, 0.1) is 0 Å². The highest BCUT2D eigenvalue weighted by Gasteiger charge is 2.30. The van der Waals surface area contributed by atoms with Crippen LogP contribution in [-0.4, -0.2) is 15.5 Å². The molecule has 0 saturated carbocycles. The highest BCUT2D eigenvalue weighted by molar-refractivity contribution is 5.79. The molecule has 0 aliphatic rings. The van der Waals surface area contributed by atoms with Crippen molar-refractivity contribution in [3.05, 3.63) is 117 Å². The molecule has 30 heavy (non-hydrogen) atoms. The van der Waals surface area contributed by atoms with E-state index in [1.165, 1.54) is 0 Å². The number of fused-ring (bicyclic) bond motifs is 1. The van der Waals surface area contributed by atoms with Crippen LogP contribution < -0.4 is 16.6 Å². The topological polar surface area (TPSA) is 84.0 Å². The zero-order valence-corrected chi connectivity index (χ0v) is 16.5. The molecule has 1 heterocycles. The van der Waals surface area contributed by atoms with E-state index in [-0.39, 0.29) is 6.54 Å². The molecular formula is C24H21N3O3. The van der Waals surface area contributed by atoms with Crippen molar-refractivity contribution in [3.8, 4) is 0 Å². The molecule has 4 aromatic rings. The Kier molecular flexibility index (Phi) is 5.06. The van der Waals surface area contributed by atoms with Gasteiger partial charge in [0, 0.05) is 0 Å². The second kappa shape index (κ2) is 7.83. The van der Waals surface area contributed by atoms with Gasteiger partial charge in [-0.25, -0.2) is 4.79 Å². The maximum Gasteiger partial charge on any atom is 0.329 e. The summed E-state index contributed by atoms with van der Waals surface area (Å²) in [5.74, 6) is -0.437. The normalized spacial score (nSPS) is 11.4. The van der Waals surface area contributed by atoms with Crippen LogP contribution in [0.3, 0.4) is 0 Å². The first-order chi connectivity index (χ1) is 14.5. The van der Waals surface area contributed by atoms with Crippen molar-refractivity contribution in [3.63, 3.8) is 0 Å². The van der Waals surface area contributed by atoms with Crippen LogP contribution >= 0.6 is 0 Å². The Morgan fingerprint density at radius 1 is 0.867 bits per heavy atom. The Morgan fingerprint density at radius 2 is 1.40 bits per heavy atom. The number of hydrogen-bond donors (Lipinski definition) is 2. The lowest BCUT2D eigenvalue weighted by Crippen LogP contribution is -2.48. The third-order valence-corrected chi connectivity index (χ3v) is 5.28. The predicted octanol–water partition coefficient (Wildman–Crippen LogP) is 2.77. The second-order valence-corrected chi connectivity index (χ2v) is 7.27. The van der Waals surface area contributed by atoms with E-state index in [0.29, 0.717) is 10.9 Å². The van der Waals surface area contributed by atoms with Gasteiger partial charge in [0.05, 0.1) is 16.4 Å². The molecule has 0 radical (unpaired) electrons. The quantitative estimate of drug-likeness (QED) is 0.541. The summed E-state index contributed by atoms with van der Waals surface area (Å²) in [7, 11) is 0. The highest BCUT2D eigenvalue weighted by Crippen LogP contribution is 2.29. The number of carbonyl (C=O) groups is 1. The van der Waals surface area contributed by atoms with Gasteiger partial charge in [0.2, 0.25) is 5.91 Å². The second-order valence-electron chi connectivity index (χ2n) is 7.27. The molecule has 0 fully saturated rings. The first-order valence-electron chi connectivity index (χ1n) is 9.63. The first-order valence-corrected chi connectivity index (χ1v) is 9.63. The molecule has 0 unspecified atom stereocenters. The monoisotopic (exact) mass is 399 g/mol.